The van der Waals surface area contributed by atoms with Crippen LogP contribution in [-0.2, 0) is 6.54 Å². The monoisotopic (exact) mass is 271 g/mol. The van der Waals surface area contributed by atoms with Crippen LogP contribution in [0, 0.1) is 0 Å². The lowest BCUT2D eigenvalue weighted by molar-refractivity contribution is -0.0115. The molecule has 0 unspecified atom stereocenters. The second-order valence-corrected chi connectivity index (χ2v) is 4.89. The first-order valence-corrected chi connectivity index (χ1v) is 6.71. The Labute approximate surface area is 114 Å². The number of ether oxygens (including phenoxy) is 1. The van der Waals surface area contributed by atoms with Gasteiger partial charge < -0.3 is 15.2 Å². The maximum absolute atomic E-state index is 10.2. The van der Waals surface area contributed by atoms with Crippen LogP contribution in [0.2, 0.25) is 5.02 Å². The predicted molar refractivity (Wildman–Crippen MR) is 75.2 cm³/mol. The van der Waals surface area contributed by atoms with Crippen LogP contribution in [0.5, 0.6) is 5.75 Å². The van der Waals surface area contributed by atoms with E-state index in [0.717, 1.165) is 5.56 Å². The Balaban J connectivity index is 2.83. The number of hydrogen-bond donors (Lipinski definition) is 2. The standard InChI is InChI=1S/C14H22ClNO2/c1-4-14(17,5-2)10-18-13-11(9-16-3)7-6-8-12(13)15/h6-8,16-17H,4-5,9-10H2,1-3H3. The molecule has 102 valence electrons. The highest BCUT2D eigenvalue weighted by Crippen LogP contribution is 2.30. The molecule has 0 bridgehead atoms. The summed E-state index contributed by atoms with van der Waals surface area (Å²) in [5, 5.41) is 13.9. The van der Waals surface area contributed by atoms with Gasteiger partial charge in [-0.2, -0.15) is 0 Å². The fraction of sp³-hybridized carbons (Fsp3) is 0.571. The third-order valence-electron chi connectivity index (χ3n) is 3.22. The lowest BCUT2D eigenvalue weighted by Gasteiger charge is -2.26. The van der Waals surface area contributed by atoms with E-state index < -0.39 is 5.60 Å². The van der Waals surface area contributed by atoms with Crippen molar-refractivity contribution in [1.29, 1.82) is 0 Å². The Hall–Kier alpha value is -0.770. The maximum Gasteiger partial charge on any atom is 0.142 e. The smallest absolute Gasteiger partial charge is 0.142 e. The molecule has 2 N–H and O–H groups in total. The van der Waals surface area contributed by atoms with Gasteiger partial charge in [0.15, 0.2) is 0 Å². The van der Waals surface area contributed by atoms with Gasteiger partial charge >= 0.3 is 0 Å². The first kappa shape index (κ1) is 15.3. The van der Waals surface area contributed by atoms with Crippen LogP contribution in [0.4, 0.5) is 0 Å². The molecular formula is C14H22ClNO2. The lowest BCUT2D eigenvalue weighted by atomic mass is 9.99. The summed E-state index contributed by atoms with van der Waals surface area (Å²) in [4.78, 5) is 0. The zero-order valence-corrected chi connectivity index (χ0v) is 12.0. The number of para-hydroxylation sites is 1. The molecule has 0 fully saturated rings. The summed E-state index contributed by atoms with van der Waals surface area (Å²) in [6, 6.07) is 5.66. The van der Waals surface area contributed by atoms with Gasteiger partial charge in [0.25, 0.3) is 0 Å². The van der Waals surface area contributed by atoms with Crippen molar-refractivity contribution in [3.8, 4) is 5.75 Å². The fourth-order valence-electron chi connectivity index (χ4n) is 1.71. The van der Waals surface area contributed by atoms with Gasteiger partial charge in [-0.25, -0.2) is 0 Å². The van der Waals surface area contributed by atoms with Gasteiger partial charge in [0.2, 0.25) is 0 Å². The zero-order chi connectivity index (χ0) is 13.6. The molecular weight excluding hydrogens is 250 g/mol. The van der Waals surface area contributed by atoms with Crippen LogP contribution in [0.15, 0.2) is 18.2 Å². The van der Waals surface area contributed by atoms with Crippen LogP contribution in [0.1, 0.15) is 32.3 Å². The SMILES string of the molecule is CCC(O)(CC)COc1c(Cl)cccc1CNC. The molecule has 0 aliphatic carbocycles. The van der Waals surface area contributed by atoms with Crippen molar-refractivity contribution in [3.05, 3.63) is 28.8 Å². The van der Waals surface area contributed by atoms with Crippen molar-refractivity contribution >= 4 is 11.6 Å². The molecule has 1 aromatic carbocycles. The summed E-state index contributed by atoms with van der Waals surface area (Å²) in [5.74, 6) is 0.661. The fourth-order valence-corrected chi connectivity index (χ4v) is 1.95. The average Bonchev–Trinajstić information content (AvgIpc) is 2.38. The van der Waals surface area contributed by atoms with Crippen molar-refractivity contribution in [2.75, 3.05) is 13.7 Å². The molecule has 1 aromatic rings. The topological polar surface area (TPSA) is 41.5 Å². The number of benzene rings is 1. The zero-order valence-electron chi connectivity index (χ0n) is 11.3. The summed E-state index contributed by atoms with van der Waals surface area (Å²) in [6.07, 6.45) is 1.32. The van der Waals surface area contributed by atoms with Gasteiger partial charge in [0, 0.05) is 12.1 Å². The van der Waals surface area contributed by atoms with E-state index in [1.165, 1.54) is 0 Å². The van der Waals surface area contributed by atoms with Gasteiger partial charge in [-0.15, -0.1) is 0 Å². The molecule has 4 heteroatoms. The van der Waals surface area contributed by atoms with Gasteiger partial charge in [0.1, 0.15) is 12.4 Å². The van der Waals surface area contributed by atoms with Crippen LogP contribution < -0.4 is 10.1 Å². The molecule has 0 aromatic heterocycles. The van der Waals surface area contributed by atoms with E-state index in [2.05, 4.69) is 5.32 Å². The Bertz CT molecular complexity index is 378. The molecule has 0 aliphatic heterocycles. The minimum atomic E-state index is -0.782. The highest BCUT2D eigenvalue weighted by atomic mass is 35.5. The summed E-state index contributed by atoms with van der Waals surface area (Å²) in [6.45, 7) is 4.86. The highest BCUT2D eigenvalue weighted by molar-refractivity contribution is 6.32. The normalized spacial score (nSPS) is 11.6. The van der Waals surface area contributed by atoms with Gasteiger partial charge in [-0.3, -0.25) is 0 Å². The van der Waals surface area contributed by atoms with E-state index in [9.17, 15) is 5.11 Å². The van der Waals surface area contributed by atoms with Crippen molar-refractivity contribution in [3.63, 3.8) is 0 Å². The Morgan fingerprint density at radius 2 is 2.00 bits per heavy atom. The first-order chi connectivity index (χ1) is 8.56. The third-order valence-corrected chi connectivity index (χ3v) is 3.51. The van der Waals surface area contributed by atoms with Crippen LogP contribution in [-0.4, -0.2) is 24.4 Å². The van der Waals surface area contributed by atoms with E-state index in [-0.39, 0.29) is 6.61 Å². The van der Waals surface area contributed by atoms with Crippen LogP contribution in [0.25, 0.3) is 0 Å². The van der Waals surface area contributed by atoms with Crippen molar-refractivity contribution in [1.82, 2.24) is 5.32 Å². The molecule has 1 rings (SSSR count). The Kier molecular flexibility index (Phi) is 5.93. The van der Waals surface area contributed by atoms with Gasteiger partial charge in [0.05, 0.1) is 10.6 Å². The summed E-state index contributed by atoms with van der Waals surface area (Å²) in [5.41, 5.74) is 0.218. The predicted octanol–water partition coefficient (Wildman–Crippen LogP) is 2.99. The highest BCUT2D eigenvalue weighted by Gasteiger charge is 2.24. The first-order valence-electron chi connectivity index (χ1n) is 6.33. The second kappa shape index (κ2) is 6.98. The molecule has 0 aliphatic rings. The molecule has 0 radical (unpaired) electrons. The molecule has 0 saturated carbocycles. The van der Waals surface area contributed by atoms with E-state index in [1.54, 1.807) is 6.07 Å². The summed E-state index contributed by atoms with van der Waals surface area (Å²) in [7, 11) is 1.87. The minimum absolute atomic E-state index is 0.264. The largest absolute Gasteiger partial charge is 0.489 e. The Morgan fingerprint density at radius 3 is 2.56 bits per heavy atom. The summed E-state index contributed by atoms with van der Waals surface area (Å²) < 4.78 is 5.75. The molecule has 3 nitrogen and oxygen atoms in total. The van der Waals surface area contributed by atoms with E-state index >= 15 is 0 Å². The number of halogens is 1. The van der Waals surface area contributed by atoms with Gasteiger partial charge in [-0.1, -0.05) is 37.6 Å². The van der Waals surface area contributed by atoms with Crippen molar-refractivity contribution in [2.45, 2.75) is 38.8 Å². The maximum atomic E-state index is 10.2. The van der Waals surface area contributed by atoms with Crippen LogP contribution in [0.3, 0.4) is 0 Å². The molecule has 0 heterocycles. The minimum Gasteiger partial charge on any atom is -0.489 e. The molecule has 0 amide bonds. The quantitative estimate of drug-likeness (QED) is 0.801. The second-order valence-electron chi connectivity index (χ2n) is 4.48. The average molecular weight is 272 g/mol. The number of hydrogen-bond acceptors (Lipinski definition) is 3. The molecule has 0 atom stereocenters. The third kappa shape index (κ3) is 3.87. The number of nitrogens with one attached hydrogen (secondary N) is 1. The van der Waals surface area contributed by atoms with E-state index in [0.29, 0.717) is 30.2 Å². The van der Waals surface area contributed by atoms with Gasteiger partial charge in [-0.05, 0) is 26.0 Å². The summed E-state index contributed by atoms with van der Waals surface area (Å²) >= 11 is 6.15. The number of aliphatic hydroxyl groups is 1. The van der Waals surface area contributed by atoms with Crippen LogP contribution >= 0.6 is 11.6 Å². The molecule has 0 spiro atoms. The molecule has 18 heavy (non-hydrogen) atoms. The van der Waals surface area contributed by atoms with Crippen molar-refractivity contribution < 1.29 is 9.84 Å². The van der Waals surface area contributed by atoms with E-state index in [4.69, 9.17) is 16.3 Å². The Morgan fingerprint density at radius 1 is 1.33 bits per heavy atom. The number of rotatable bonds is 7. The molecule has 0 saturated heterocycles. The lowest BCUT2D eigenvalue weighted by Crippen LogP contribution is -2.34. The van der Waals surface area contributed by atoms with Crippen molar-refractivity contribution in [2.24, 2.45) is 0 Å². The van der Waals surface area contributed by atoms with E-state index in [1.807, 2.05) is 33.0 Å².